The van der Waals surface area contributed by atoms with Crippen LogP contribution in [-0.2, 0) is 4.79 Å². The van der Waals surface area contributed by atoms with Gasteiger partial charge in [0.25, 0.3) is 5.91 Å². The van der Waals surface area contributed by atoms with Crippen LogP contribution in [-0.4, -0.2) is 39.2 Å². The molecule has 3 amide bonds. The number of amides is 3. The van der Waals surface area contributed by atoms with Gasteiger partial charge in [0.05, 0.1) is 11.7 Å². The number of halogens is 3. The van der Waals surface area contributed by atoms with Gasteiger partial charge in [-0.05, 0) is 48.4 Å². The number of H-pyrrole nitrogens is 1. The maximum absolute atomic E-state index is 12.2. The van der Waals surface area contributed by atoms with Crippen LogP contribution < -0.4 is 16.4 Å². The molecule has 0 radical (unpaired) electrons. The number of carboxylic acid groups (broad SMARTS) is 1. The lowest BCUT2D eigenvalue weighted by molar-refractivity contribution is -0.192. The van der Waals surface area contributed by atoms with E-state index < -0.39 is 18.1 Å². The van der Waals surface area contributed by atoms with Crippen molar-refractivity contribution in [2.75, 3.05) is 10.6 Å². The number of primary amides is 1. The number of carbonyl (C=O) groups excluding carboxylic acids is 2. The van der Waals surface area contributed by atoms with E-state index in [0.29, 0.717) is 16.9 Å². The van der Waals surface area contributed by atoms with Crippen LogP contribution in [0.15, 0.2) is 67.0 Å². The van der Waals surface area contributed by atoms with Gasteiger partial charge in [-0.1, -0.05) is 24.3 Å². The predicted octanol–water partition coefficient (Wildman–Crippen LogP) is 4.91. The van der Waals surface area contributed by atoms with E-state index in [9.17, 15) is 22.8 Å². The standard InChI is InChI=1S/C22H19N5O2.C2HF3O2/c1-13-3-2-4-16(11-13)26-22(29)25-15-7-5-14(6-8-15)19-17-9-10-24-12-18(17)27-20(19)21(23)28;3-2(4,5)1(6)7/h2-12,27H,1H3,(H2,23,28)(H2,25,26,29);(H,6,7). The Balaban J connectivity index is 0.000000454. The van der Waals surface area contributed by atoms with Gasteiger partial charge in [0.1, 0.15) is 5.69 Å². The second-order valence-corrected chi connectivity index (χ2v) is 7.49. The number of aryl methyl sites for hydroxylation is 1. The summed E-state index contributed by atoms with van der Waals surface area (Å²) >= 11 is 0. The Kier molecular flexibility index (Phi) is 7.58. The van der Waals surface area contributed by atoms with Crippen molar-refractivity contribution >= 4 is 40.2 Å². The lowest BCUT2D eigenvalue weighted by atomic mass is 10.0. The highest BCUT2D eigenvalue weighted by Crippen LogP contribution is 2.32. The molecule has 4 rings (SSSR count). The fraction of sp³-hybridized carbons (Fsp3) is 0.0833. The molecule has 0 fully saturated rings. The Bertz CT molecular complexity index is 1420. The lowest BCUT2D eigenvalue weighted by Crippen LogP contribution is -2.21. The third-order valence-corrected chi connectivity index (χ3v) is 4.80. The van der Waals surface area contributed by atoms with Gasteiger partial charge in [0.15, 0.2) is 0 Å². The fourth-order valence-corrected chi connectivity index (χ4v) is 3.27. The summed E-state index contributed by atoms with van der Waals surface area (Å²) < 4.78 is 31.7. The van der Waals surface area contributed by atoms with Gasteiger partial charge in [-0.25, -0.2) is 9.59 Å². The number of fused-ring (bicyclic) bond motifs is 1. The molecular formula is C24H20F3N5O4. The highest BCUT2D eigenvalue weighted by atomic mass is 19.4. The summed E-state index contributed by atoms with van der Waals surface area (Å²) in [7, 11) is 0. The number of rotatable bonds is 4. The molecule has 9 nitrogen and oxygen atoms in total. The molecule has 0 aliphatic rings. The number of hydrogen-bond acceptors (Lipinski definition) is 4. The van der Waals surface area contributed by atoms with E-state index in [0.717, 1.165) is 27.7 Å². The number of nitrogens with one attached hydrogen (secondary N) is 3. The zero-order valence-corrected chi connectivity index (χ0v) is 18.7. The van der Waals surface area contributed by atoms with Crippen LogP contribution in [0, 0.1) is 6.92 Å². The highest BCUT2D eigenvalue weighted by Gasteiger charge is 2.38. The lowest BCUT2D eigenvalue weighted by Gasteiger charge is -2.09. The number of anilines is 2. The molecule has 2 heterocycles. The minimum absolute atomic E-state index is 0.325. The van der Waals surface area contributed by atoms with Gasteiger partial charge in [-0.2, -0.15) is 13.2 Å². The molecule has 0 unspecified atom stereocenters. The summed E-state index contributed by atoms with van der Waals surface area (Å²) in [6, 6.07) is 16.3. The Morgan fingerprint density at radius 1 is 1.00 bits per heavy atom. The molecule has 12 heteroatoms. The Labute approximate surface area is 202 Å². The van der Waals surface area contributed by atoms with Crippen molar-refractivity contribution in [3.8, 4) is 11.1 Å². The van der Waals surface area contributed by atoms with Gasteiger partial charge >= 0.3 is 18.2 Å². The molecule has 6 N–H and O–H groups in total. The SMILES string of the molecule is Cc1cccc(NC(=O)Nc2ccc(-c3c(C(N)=O)[nH]c4cnccc34)cc2)c1.O=C(O)C(F)(F)F. The first-order valence-corrected chi connectivity index (χ1v) is 10.3. The summed E-state index contributed by atoms with van der Waals surface area (Å²) in [5.41, 5.74) is 10.5. The van der Waals surface area contributed by atoms with Crippen molar-refractivity contribution in [2.24, 2.45) is 5.73 Å². The van der Waals surface area contributed by atoms with Crippen LogP contribution >= 0.6 is 0 Å². The van der Waals surface area contributed by atoms with Crippen molar-refractivity contribution < 1.29 is 32.7 Å². The number of carbonyl (C=O) groups is 3. The van der Waals surface area contributed by atoms with Gasteiger partial charge in [-0.15, -0.1) is 0 Å². The average Bonchev–Trinajstić information content (AvgIpc) is 3.19. The average molecular weight is 499 g/mol. The number of urea groups is 1. The molecule has 186 valence electrons. The van der Waals surface area contributed by atoms with Gasteiger partial charge in [0, 0.05) is 28.5 Å². The Morgan fingerprint density at radius 2 is 1.64 bits per heavy atom. The first-order valence-electron chi connectivity index (χ1n) is 10.3. The number of aromatic amines is 1. The normalized spacial score (nSPS) is 10.8. The molecule has 0 saturated heterocycles. The van der Waals surface area contributed by atoms with Crippen LogP contribution in [0.5, 0.6) is 0 Å². The molecule has 0 bridgehead atoms. The van der Waals surface area contributed by atoms with E-state index in [1.807, 2.05) is 49.4 Å². The number of aromatic nitrogens is 2. The molecule has 0 spiro atoms. The molecule has 0 aliphatic heterocycles. The molecule has 2 aromatic heterocycles. The molecular weight excluding hydrogens is 479 g/mol. The second kappa shape index (κ2) is 10.6. The van der Waals surface area contributed by atoms with Crippen LogP contribution in [0.2, 0.25) is 0 Å². The molecule has 0 atom stereocenters. The van der Waals surface area contributed by atoms with Crippen molar-refractivity contribution in [3.63, 3.8) is 0 Å². The molecule has 4 aromatic rings. The van der Waals surface area contributed by atoms with Crippen molar-refractivity contribution in [2.45, 2.75) is 13.1 Å². The second-order valence-electron chi connectivity index (χ2n) is 7.49. The number of aliphatic carboxylic acids is 1. The zero-order chi connectivity index (χ0) is 26.5. The van der Waals surface area contributed by atoms with Crippen LogP contribution in [0.25, 0.3) is 22.0 Å². The molecule has 36 heavy (non-hydrogen) atoms. The first-order chi connectivity index (χ1) is 17.0. The maximum atomic E-state index is 12.2. The topological polar surface area (TPSA) is 150 Å². The summed E-state index contributed by atoms with van der Waals surface area (Å²) in [5, 5.41) is 13.6. The Morgan fingerprint density at radius 3 is 2.22 bits per heavy atom. The van der Waals surface area contributed by atoms with Crippen molar-refractivity contribution in [1.29, 1.82) is 0 Å². The summed E-state index contributed by atoms with van der Waals surface area (Å²) in [5.74, 6) is -3.30. The Hall–Kier alpha value is -4.87. The fourth-order valence-electron chi connectivity index (χ4n) is 3.27. The largest absolute Gasteiger partial charge is 0.490 e. The van der Waals surface area contributed by atoms with Crippen LogP contribution in [0.3, 0.4) is 0 Å². The number of alkyl halides is 3. The third kappa shape index (κ3) is 6.38. The predicted molar refractivity (Wildman–Crippen MR) is 128 cm³/mol. The maximum Gasteiger partial charge on any atom is 0.490 e. The number of nitrogens with zero attached hydrogens (tertiary/aromatic N) is 1. The van der Waals surface area contributed by atoms with E-state index in [-0.39, 0.29) is 6.03 Å². The van der Waals surface area contributed by atoms with Gasteiger partial charge in [0.2, 0.25) is 0 Å². The number of benzene rings is 2. The molecule has 2 aromatic carbocycles. The number of hydrogen-bond donors (Lipinski definition) is 5. The molecule has 0 aliphatic carbocycles. The van der Waals surface area contributed by atoms with Gasteiger partial charge in [-0.3, -0.25) is 9.78 Å². The number of carboxylic acids is 1. The van der Waals surface area contributed by atoms with E-state index >= 15 is 0 Å². The van der Waals surface area contributed by atoms with E-state index in [2.05, 4.69) is 20.6 Å². The van der Waals surface area contributed by atoms with E-state index in [1.165, 1.54) is 0 Å². The quantitative estimate of drug-likeness (QED) is 0.270. The monoisotopic (exact) mass is 499 g/mol. The zero-order valence-electron chi connectivity index (χ0n) is 18.7. The van der Waals surface area contributed by atoms with Crippen LogP contribution in [0.1, 0.15) is 16.1 Å². The molecule has 0 saturated carbocycles. The van der Waals surface area contributed by atoms with E-state index in [4.69, 9.17) is 15.6 Å². The minimum atomic E-state index is -5.08. The smallest absolute Gasteiger partial charge is 0.475 e. The van der Waals surface area contributed by atoms with Gasteiger partial charge < -0.3 is 26.5 Å². The van der Waals surface area contributed by atoms with Crippen LogP contribution in [0.4, 0.5) is 29.3 Å². The number of pyridine rings is 1. The summed E-state index contributed by atoms with van der Waals surface area (Å²) in [6.45, 7) is 1.96. The highest BCUT2D eigenvalue weighted by molar-refractivity contribution is 6.09. The van der Waals surface area contributed by atoms with Crippen molar-refractivity contribution in [3.05, 3.63) is 78.2 Å². The summed E-state index contributed by atoms with van der Waals surface area (Å²) in [6.07, 6.45) is -1.77. The van der Waals surface area contributed by atoms with Crippen molar-refractivity contribution in [1.82, 2.24) is 9.97 Å². The number of nitrogens with two attached hydrogens (primary N) is 1. The summed E-state index contributed by atoms with van der Waals surface area (Å²) in [4.78, 5) is 40.1. The van der Waals surface area contributed by atoms with E-state index in [1.54, 1.807) is 24.5 Å². The third-order valence-electron chi connectivity index (χ3n) is 4.80. The first kappa shape index (κ1) is 25.7. The minimum Gasteiger partial charge on any atom is -0.475 e.